The molecule has 0 saturated carbocycles. The maximum Gasteiger partial charge on any atom is 0.0348 e. The first kappa shape index (κ1) is 12.4. The van der Waals surface area contributed by atoms with Gasteiger partial charge in [0, 0.05) is 6.04 Å². The molecule has 1 atom stereocenters. The largest absolute Gasteiger partial charge is 0.299 e. The molecule has 1 fully saturated rings. The first-order chi connectivity index (χ1) is 9.27. The van der Waals surface area contributed by atoms with E-state index in [9.17, 15) is 0 Å². The highest BCUT2D eigenvalue weighted by atomic mass is 15.1. The van der Waals surface area contributed by atoms with Crippen LogP contribution in [0.1, 0.15) is 30.0 Å². The molecule has 1 aliphatic rings. The van der Waals surface area contributed by atoms with E-state index < -0.39 is 0 Å². The Morgan fingerprint density at radius 1 is 1.00 bits per heavy atom. The van der Waals surface area contributed by atoms with E-state index >= 15 is 0 Å². The molecule has 1 saturated heterocycles. The van der Waals surface area contributed by atoms with Crippen molar-refractivity contribution < 1.29 is 0 Å². The van der Waals surface area contributed by atoms with Crippen molar-refractivity contribution in [1.29, 1.82) is 0 Å². The first-order valence-corrected chi connectivity index (χ1v) is 7.12. The number of benzene rings is 2. The zero-order valence-corrected chi connectivity index (χ0v) is 11.8. The van der Waals surface area contributed by atoms with Crippen LogP contribution < -0.4 is 0 Å². The van der Waals surface area contributed by atoms with Gasteiger partial charge in [-0.25, -0.2) is 0 Å². The molecule has 1 nitrogen and oxygen atoms in total. The van der Waals surface area contributed by atoms with Gasteiger partial charge in [0.25, 0.3) is 0 Å². The quantitative estimate of drug-likeness (QED) is 0.763. The fourth-order valence-corrected chi connectivity index (χ4v) is 3.25. The molecule has 1 heteroatoms. The number of hydrogen-bond donors (Lipinski definition) is 0. The first-order valence-electron chi connectivity index (χ1n) is 7.12. The lowest BCUT2D eigenvalue weighted by molar-refractivity contribution is 0.316. The molecule has 0 spiro atoms. The summed E-state index contributed by atoms with van der Waals surface area (Å²) in [6, 6.07) is 18.0. The normalized spacial score (nSPS) is 19.8. The van der Waals surface area contributed by atoms with Gasteiger partial charge in [0.2, 0.25) is 0 Å². The van der Waals surface area contributed by atoms with Crippen LogP contribution in [0.15, 0.2) is 48.5 Å². The average molecular weight is 251 g/mol. The Balaban J connectivity index is 2.04. The molecule has 0 unspecified atom stereocenters. The summed E-state index contributed by atoms with van der Waals surface area (Å²) in [6.07, 6.45) is 2.60. The molecule has 1 aliphatic heterocycles. The zero-order chi connectivity index (χ0) is 13.2. The van der Waals surface area contributed by atoms with Crippen LogP contribution in [0, 0.1) is 6.92 Å². The maximum absolute atomic E-state index is 2.48. The maximum atomic E-state index is 2.48. The lowest BCUT2D eigenvalue weighted by atomic mass is 9.92. The van der Waals surface area contributed by atoms with Gasteiger partial charge in [-0.05, 0) is 55.6 Å². The highest BCUT2D eigenvalue weighted by Gasteiger charge is 2.24. The minimum Gasteiger partial charge on any atom is -0.299 e. The lowest BCUT2D eigenvalue weighted by Gasteiger charge is -2.23. The minimum atomic E-state index is 0.601. The number of likely N-dealkylation sites (tertiary alicyclic amines) is 1. The summed E-state index contributed by atoms with van der Waals surface area (Å²) in [5.74, 6) is 0. The molecule has 0 aliphatic carbocycles. The van der Waals surface area contributed by atoms with E-state index in [-0.39, 0.29) is 0 Å². The molecule has 0 amide bonds. The van der Waals surface area contributed by atoms with Crippen LogP contribution in [0.2, 0.25) is 0 Å². The van der Waals surface area contributed by atoms with Crippen molar-refractivity contribution in [2.45, 2.75) is 25.8 Å². The smallest absolute Gasteiger partial charge is 0.0348 e. The summed E-state index contributed by atoms with van der Waals surface area (Å²) < 4.78 is 0. The molecule has 0 bridgehead atoms. The molecule has 3 rings (SSSR count). The Morgan fingerprint density at radius 2 is 1.79 bits per heavy atom. The molecule has 2 aromatic carbocycles. The Labute approximate surface area is 115 Å². The van der Waals surface area contributed by atoms with Crippen LogP contribution in [0.4, 0.5) is 0 Å². The van der Waals surface area contributed by atoms with Crippen molar-refractivity contribution in [3.8, 4) is 11.1 Å². The highest BCUT2D eigenvalue weighted by Crippen LogP contribution is 2.35. The Morgan fingerprint density at radius 3 is 2.47 bits per heavy atom. The summed E-state index contributed by atoms with van der Waals surface area (Å²) in [6.45, 7) is 3.49. The van der Waals surface area contributed by atoms with Gasteiger partial charge in [-0.3, -0.25) is 4.90 Å². The molecule has 98 valence electrons. The van der Waals surface area contributed by atoms with Crippen molar-refractivity contribution in [3.63, 3.8) is 0 Å². The monoisotopic (exact) mass is 251 g/mol. The van der Waals surface area contributed by atoms with E-state index in [0.29, 0.717) is 6.04 Å². The minimum absolute atomic E-state index is 0.601. The van der Waals surface area contributed by atoms with Crippen LogP contribution in [-0.2, 0) is 0 Å². The fourth-order valence-electron chi connectivity index (χ4n) is 3.25. The van der Waals surface area contributed by atoms with Gasteiger partial charge in [-0.1, -0.05) is 48.5 Å². The van der Waals surface area contributed by atoms with E-state index in [2.05, 4.69) is 67.4 Å². The molecule has 0 radical (unpaired) electrons. The zero-order valence-electron chi connectivity index (χ0n) is 11.8. The molecule has 19 heavy (non-hydrogen) atoms. The SMILES string of the molecule is Cc1c(-c2ccccc2)cccc1[C@H]1CCCN1C. The molecule has 0 N–H and O–H groups in total. The van der Waals surface area contributed by atoms with E-state index in [1.54, 1.807) is 0 Å². The summed E-state index contributed by atoms with van der Waals surface area (Å²) >= 11 is 0. The van der Waals surface area contributed by atoms with Crippen LogP contribution >= 0.6 is 0 Å². The molecule has 1 heterocycles. The third-order valence-electron chi connectivity index (χ3n) is 4.34. The Hall–Kier alpha value is -1.60. The van der Waals surface area contributed by atoms with Gasteiger partial charge < -0.3 is 0 Å². The Bertz CT molecular complexity index is 559. The van der Waals surface area contributed by atoms with E-state index in [1.807, 2.05) is 0 Å². The molecule has 2 aromatic rings. The van der Waals surface area contributed by atoms with Crippen LogP contribution in [0.25, 0.3) is 11.1 Å². The van der Waals surface area contributed by atoms with Gasteiger partial charge in [0.1, 0.15) is 0 Å². The van der Waals surface area contributed by atoms with Crippen molar-refractivity contribution in [1.82, 2.24) is 4.90 Å². The predicted octanol–water partition coefficient (Wildman–Crippen LogP) is 4.43. The van der Waals surface area contributed by atoms with Crippen LogP contribution in [0.3, 0.4) is 0 Å². The topological polar surface area (TPSA) is 3.24 Å². The van der Waals surface area contributed by atoms with Gasteiger partial charge in [0.05, 0.1) is 0 Å². The second-order valence-electron chi connectivity index (χ2n) is 5.52. The number of rotatable bonds is 2. The van der Waals surface area contributed by atoms with Crippen molar-refractivity contribution >= 4 is 0 Å². The number of hydrogen-bond acceptors (Lipinski definition) is 1. The van der Waals surface area contributed by atoms with E-state index in [0.717, 1.165) is 0 Å². The van der Waals surface area contributed by atoms with E-state index in [1.165, 1.54) is 41.6 Å². The van der Waals surface area contributed by atoms with Crippen LogP contribution in [-0.4, -0.2) is 18.5 Å². The second-order valence-corrected chi connectivity index (χ2v) is 5.52. The van der Waals surface area contributed by atoms with Gasteiger partial charge in [-0.2, -0.15) is 0 Å². The van der Waals surface area contributed by atoms with Gasteiger partial charge in [-0.15, -0.1) is 0 Å². The van der Waals surface area contributed by atoms with Crippen molar-refractivity contribution in [2.24, 2.45) is 0 Å². The summed E-state index contributed by atoms with van der Waals surface area (Å²) in [5, 5.41) is 0. The summed E-state index contributed by atoms with van der Waals surface area (Å²) in [7, 11) is 2.24. The predicted molar refractivity (Wildman–Crippen MR) is 81.2 cm³/mol. The van der Waals surface area contributed by atoms with Gasteiger partial charge >= 0.3 is 0 Å². The van der Waals surface area contributed by atoms with Crippen molar-refractivity contribution in [2.75, 3.05) is 13.6 Å². The third kappa shape index (κ3) is 2.31. The summed E-state index contributed by atoms with van der Waals surface area (Å²) in [5.41, 5.74) is 5.63. The van der Waals surface area contributed by atoms with Gasteiger partial charge in [0.15, 0.2) is 0 Å². The lowest BCUT2D eigenvalue weighted by Crippen LogP contribution is -2.18. The molecule has 0 aromatic heterocycles. The molecular formula is C18H21N. The molecular weight excluding hydrogens is 230 g/mol. The average Bonchev–Trinajstić information content (AvgIpc) is 2.86. The highest BCUT2D eigenvalue weighted by molar-refractivity contribution is 5.68. The van der Waals surface area contributed by atoms with Crippen LogP contribution in [0.5, 0.6) is 0 Å². The second kappa shape index (κ2) is 5.18. The van der Waals surface area contributed by atoms with Crippen molar-refractivity contribution in [3.05, 3.63) is 59.7 Å². The number of nitrogens with zero attached hydrogens (tertiary/aromatic N) is 1. The summed E-state index contributed by atoms with van der Waals surface area (Å²) in [4.78, 5) is 2.48. The third-order valence-corrected chi connectivity index (χ3v) is 4.34. The Kier molecular flexibility index (Phi) is 3.39. The fraction of sp³-hybridized carbons (Fsp3) is 0.333. The standard InChI is InChI=1S/C18H21N/c1-14-16(15-8-4-3-5-9-15)10-6-11-17(14)18-12-7-13-19(18)2/h3-6,8-11,18H,7,12-13H2,1-2H3/t18-/m1/s1. The van der Waals surface area contributed by atoms with E-state index in [4.69, 9.17) is 0 Å².